The van der Waals surface area contributed by atoms with Crippen LogP contribution in [-0.2, 0) is 19.3 Å². The fraction of sp³-hybridized carbons (Fsp3) is 0.444. The van der Waals surface area contributed by atoms with Crippen LogP contribution in [0.15, 0.2) is 40.3 Å². The Labute approximate surface area is 158 Å². The van der Waals surface area contributed by atoms with E-state index in [0.717, 1.165) is 5.56 Å². The summed E-state index contributed by atoms with van der Waals surface area (Å²) in [5, 5.41) is 0. The van der Waals surface area contributed by atoms with Crippen molar-refractivity contribution in [1.29, 1.82) is 0 Å². The molecule has 2 aliphatic heterocycles. The molecular weight excluding hydrogens is 368 g/mol. The van der Waals surface area contributed by atoms with E-state index >= 15 is 0 Å². The average molecular weight is 390 g/mol. The van der Waals surface area contributed by atoms with E-state index in [2.05, 4.69) is 9.97 Å². The van der Waals surface area contributed by atoms with E-state index in [9.17, 15) is 8.42 Å². The van der Waals surface area contributed by atoms with Crippen LogP contribution in [0.4, 0.5) is 11.8 Å². The maximum absolute atomic E-state index is 12.9. The Hall–Kier alpha value is -2.23. The highest BCUT2D eigenvalue weighted by molar-refractivity contribution is 7.91. The second kappa shape index (κ2) is 6.74. The van der Waals surface area contributed by atoms with Crippen LogP contribution in [0.3, 0.4) is 0 Å². The summed E-state index contributed by atoms with van der Waals surface area (Å²) in [7, 11) is -3.77. The number of aromatic nitrogens is 2. The number of anilines is 2. The molecule has 144 valence electrons. The van der Waals surface area contributed by atoms with Gasteiger partial charge in [-0.1, -0.05) is 12.1 Å². The Morgan fingerprint density at radius 3 is 2.52 bits per heavy atom. The Bertz CT molecular complexity index is 948. The lowest BCUT2D eigenvalue weighted by molar-refractivity contribution is -0.169. The average Bonchev–Trinajstić information content (AvgIpc) is 3.10. The van der Waals surface area contributed by atoms with Gasteiger partial charge in [-0.3, -0.25) is 0 Å². The smallest absolute Gasteiger partial charge is 0.227 e. The third-order valence-electron chi connectivity index (χ3n) is 4.98. The highest BCUT2D eigenvalue weighted by Crippen LogP contribution is 2.33. The number of hydrogen-bond acceptors (Lipinski definition) is 8. The van der Waals surface area contributed by atoms with Crippen molar-refractivity contribution in [3.05, 3.63) is 36.0 Å². The number of nitrogen functional groups attached to an aromatic ring is 1. The van der Waals surface area contributed by atoms with Gasteiger partial charge in [0.05, 0.1) is 24.3 Å². The molecule has 9 heteroatoms. The van der Waals surface area contributed by atoms with Crippen LogP contribution >= 0.6 is 0 Å². The van der Waals surface area contributed by atoms with Crippen molar-refractivity contribution in [3.63, 3.8) is 0 Å². The number of aryl methyl sites for hydroxylation is 1. The molecule has 3 heterocycles. The predicted molar refractivity (Wildman–Crippen MR) is 99.2 cm³/mol. The number of piperidine rings is 1. The monoisotopic (exact) mass is 390 g/mol. The minimum absolute atomic E-state index is 0.0461. The molecule has 8 nitrogen and oxygen atoms in total. The fourth-order valence-electron chi connectivity index (χ4n) is 3.48. The number of benzene rings is 1. The molecule has 1 spiro atoms. The first-order chi connectivity index (χ1) is 12.9. The van der Waals surface area contributed by atoms with Crippen LogP contribution < -0.4 is 10.6 Å². The minimum Gasteiger partial charge on any atom is -0.382 e. The Balaban J connectivity index is 1.56. The molecular formula is C18H22N4O4S. The lowest BCUT2D eigenvalue weighted by Crippen LogP contribution is -2.45. The first-order valence-electron chi connectivity index (χ1n) is 8.87. The number of hydrogen-bond donors (Lipinski definition) is 1. The van der Waals surface area contributed by atoms with E-state index in [4.69, 9.17) is 15.2 Å². The topological polar surface area (TPSA) is 108 Å². The zero-order valence-corrected chi connectivity index (χ0v) is 15.9. The van der Waals surface area contributed by atoms with Crippen molar-refractivity contribution in [2.75, 3.05) is 36.9 Å². The Kier molecular flexibility index (Phi) is 4.53. The summed E-state index contributed by atoms with van der Waals surface area (Å²) in [5.74, 6) is -0.116. The van der Waals surface area contributed by atoms with Gasteiger partial charge in [0.25, 0.3) is 0 Å². The molecule has 2 aromatic rings. The number of ether oxygens (including phenoxy) is 2. The van der Waals surface area contributed by atoms with Gasteiger partial charge in [0.15, 0.2) is 5.79 Å². The van der Waals surface area contributed by atoms with Crippen molar-refractivity contribution >= 4 is 21.6 Å². The zero-order valence-electron chi connectivity index (χ0n) is 15.1. The lowest BCUT2D eigenvalue weighted by Gasteiger charge is -2.37. The quantitative estimate of drug-likeness (QED) is 0.841. The molecule has 0 unspecified atom stereocenters. The molecule has 0 saturated carbocycles. The van der Waals surface area contributed by atoms with Crippen LogP contribution in [0, 0.1) is 6.92 Å². The van der Waals surface area contributed by atoms with Crippen molar-refractivity contribution in [1.82, 2.24) is 9.97 Å². The molecule has 1 aromatic heterocycles. The Morgan fingerprint density at radius 1 is 1.19 bits per heavy atom. The summed E-state index contributed by atoms with van der Waals surface area (Å²) in [6, 6.07) is 6.68. The van der Waals surface area contributed by atoms with Crippen LogP contribution in [0.2, 0.25) is 0 Å². The SMILES string of the molecule is Cc1cccc(S(=O)(=O)c2cnc(N3CCC4(CC3)OCCO4)nc2N)c1. The maximum atomic E-state index is 12.9. The van der Waals surface area contributed by atoms with Crippen molar-refractivity contribution in [3.8, 4) is 0 Å². The van der Waals surface area contributed by atoms with Gasteiger partial charge in [-0.25, -0.2) is 13.4 Å². The summed E-state index contributed by atoms with van der Waals surface area (Å²) in [6.45, 7) is 4.39. The van der Waals surface area contributed by atoms with Crippen LogP contribution in [0.25, 0.3) is 0 Å². The summed E-state index contributed by atoms with van der Waals surface area (Å²) in [6.07, 6.45) is 2.71. The Morgan fingerprint density at radius 2 is 1.89 bits per heavy atom. The van der Waals surface area contributed by atoms with Crippen LogP contribution in [-0.4, -0.2) is 50.5 Å². The van der Waals surface area contributed by atoms with Gasteiger partial charge < -0.3 is 20.1 Å². The van der Waals surface area contributed by atoms with Gasteiger partial charge in [-0.2, -0.15) is 4.98 Å². The summed E-state index contributed by atoms with van der Waals surface area (Å²) >= 11 is 0. The van der Waals surface area contributed by atoms with Crippen molar-refractivity contribution in [2.24, 2.45) is 0 Å². The number of nitrogens with two attached hydrogens (primary N) is 1. The largest absolute Gasteiger partial charge is 0.382 e. The summed E-state index contributed by atoms with van der Waals surface area (Å²) in [5.41, 5.74) is 6.85. The predicted octanol–water partition coefficient (Wildman–Crippen LogP) is 1.54. The molecule has 2 fully saturated rings. The highest BCUT2D eigenvalue weighted by atomic mass is 32.2. The van der Waals surface area contributed by atoms with Crippen LogP contribution in [0.5, 0.6) is 0 Å². The molecule has 4 rings (SSSR count). The van der Waals surface area contributed by atoms with E-state index < -0.39 is 15.6 Å². The molecule has 27 heavy (non-hydrogen) atoms. The van der Waals surface area contributed by atoms with Crippen molar-refractivity contribution < 1.29 is 17.9 Å². The summed E-state index contributed by atoms with van der Waals surface area (Å²) < 4.78 is 37.2. The third-order valence-corrected chi connectivity index (χ3v) is 6.75. The molecule has 0 bridgehead atoms. The fourth-order valence-corrected chi connectivity index (χ4v) is 4.84. The molecule has 0 amide bonds. The van der Waals surface area contributed by atoms with Gasteiger partial charge in [0.1, 0.15) is 10.7 Å². The van der Waals surface area contributed by atoms with E-state index in [-0.39, 0.29) is 15.6 Å². The van der Waals surface area contributed by atoms with Gasteiger partial charge in [0, 0.05) is 25.9 Å². The normalized spacial score (nSPS) is 19.5. The second-order valence-electron chi connectivity index (χ2n) is 6.83. The molecule has 0 aliphatic carbocycles. The van der Waals surface area contributed by atoms with Gasteiger partial charge in [-0.05, 0) is 24.6 Å². The molecule has 1 aromatic carbocycles. The van der Waals surface area contributed by atoms with E-state index in [1.54, 1.807) is 18.2 Å². The summed E-state index contributed by atoms with van der Waals surface area (Å²) in [4.78, 5) is 10.6. The molecule has 2 saturated heterocycles. The lowest BCUT2D eigenvalue weighted by atomic mass is 10.0. The van der Waals surface area contributed by atoms with E-state index in [1.165, 1.54) is 6.20 Å². The second-order valence-corrected chi connectivity index (χ2v) is 8.75. The van der Waals surface area contributed by atoms with Crippen LogP contribution in [0.1, 0.15) is 18.4 Å². The minimum atomic E-state index is -3.77. The third kappa shape index (κ3) is 3.38. The number of nitrogens with zero attached hydrogens (tertiary/aromatic N) is 3. The van der Waals surface area contributed by atoms with E-state index in [1.807, 2.05) is 17.9 Å². The highest BCUT2D eigenvalue weighted by Gasteiger charge is 2.40. The first-order valence-corrected chi connectivity index (χ1v) is 10.4. The number of sulfone groups is 1. The number of rotatable bonds is 3. The van der Waals surface area contributed by atoms with Gasteiger partial charge in [0.2, 0.25) is 15.8 Å². The van der Waals surface area contributed by atoms with Gasteiger partial charge >= 0.3 is 0 Å². The van der Waals surface area contributed by atoms with E-state index in [0.29, 0.717) is 45.1 Å². The van der Waals surface area contributed by atoms with Gasteiger partial charge in [-0.15, -0.1) is 0 Å². The standard InChI is InChI=1S/C18H22N4O4S/c1-13-3-2-4-14(11-13)27(23,24)15-12-20-17(21-16(15)19)22-7-5-18(6-8-22)25-9-10-26-18/h2-4,11-12H,5-10H2,1H3,(H2,19,20,21). The molecule has 0 atom stereocenters. The molecule has 2 N–H and O–H groups in total. The van der Waals surface area contributed by atoms with Crippen molar-refractivity contribution in [2.45, 2.75) is 35.3 Å². The molecule has 2 aliphatic rings. The maximum Gasteiger partial charge on any atom is 0.227 e. The first kappa shape index (κ1) is 18.1. The molecule has 0 radical (unpaired) electrons. The zero-order chi connectivity index (χ0) is 19.1.